The van der Waals surface area contributed by atoms with Crippen LogP contribution in [0.25, 0.3) is 0 Å². The van der Waals surface area contributed by atoms with Gasteiger partial charge >= 0.3 is 0 Å². The maximum absolute atomic E-state index is 5.85. The predicted molar refractivity (Wildman–Crippen MR) is 83.3 cm³/mol. The fourth-order valence-corrected chi connectivity index (χ4v) is 2.44. The van der Waals surface area contributed by atoms with Crippen LogP contribution in [0.3, 0.4) is 0 Å². The van der Waals surface area contributed by atoms with Crippen molar-refractivity contribution < 1.29 is 0 Å². The zero-order chi connectivity index (χ0) is 14.7. The summed E-state index contributed by atoms with van der Waals surface area (Å²) >= 11 is 0. The van der Waals surface area contributed by atoms with Crippen LogP contribution in [-0.2, 0) is 0 Å². The number of hydrogen-bond acceptors (Lipinski definition) is 6. The van der Waals surface area contributed by atoms with E-state index >= 15 is 0 Å². The molecule has 1 atom stereocenters. The Morgan fingerprint density at radius 3 is 2.24 bits per heavy atom. The Labute approximate surface area is 124 Å². The lowest BCUT2D eigenvalue weighted by Gasteiger charge is -2.35. The highest BCUT2D eigenvalue weighted by Crippen LogP contribution is 2.17. The van der Waals surface area contributed by atoms with Gasteiger partial charge in [-0.05, 0) is 24.6 Å². The van der Waals surface area contributed by atoms with Gasteiger partial charge in [0.25, 0.3) is 0 Å². The van der Waals surface area contributed by atoms with E-state index in [2.05, 4.69) is 30.8 Å². The first-order valence-corrected chi connectivity index (χ1v) is 7.22. The number of piperazine rings is 1. The zero-order valence-electron chi connectivity index (χ0n) is 12.2. The third kappa shape index (κ3) is 3.11. The minimum atomic E-state index is 0.0265. The molecule has 1 aliphatic rings. The lowest BCUT2D eigenvalue weighted by atomic mass is 10.1. The molecular weight excluding hydrogens is 264 g/mol. The molecule has 0 aliphatic carbocycles. The van der Waals surface area contributed by atoms with Crippen LogP contribution in [0.2, 0.25) is 0 Å². The SMILES string of the molecule is C[C@@H](N)c1ccc(N2CCN(c3ncccn3)CC2)nc1. The molecule has 2 aromatic rings. The molecule has 0 aromatic carbocycles. The molecule has 0 bridgehead atoms. The monoisotopic (exact) mass is 284 g/mol. The van der Waals surface area contributed by atoms with Crippen LogP contribution in [0.4, 0.5) is 11.8 Å². The smallest absolute Gasteiger partial charge is 0.225 e. The van der Waals surface area contributed by atoms with Gasteiger partial charge in [-0.3, -0.25) is 0 Å². The van der Waals surface area contributed by atoms with Crippen molar-refractivity contribution in [2.45, 2.75) is 13.0 Å². The maximum atomic E-state index is 5.85. The molecule has 2 aromatic heterocycles. The number of pyridine rings is 1. The van der Waals surface area contributed by atoms with Crippen molar-refractivity contribution in [1.82, 2.24) is 15.0 Å². The van der Waals surface area contributed by atoms with Gasteiger partial charge in [0, 0.05) is 50.8 Å². The highest BCUT2D eigenvalue weighted by atomic mass is 15.3. The van der Waals surface area contributed by atoms with Crippen molar-refractivity contribution in [2.75, 3.05) is 36.0 Å². The number of nitrogens with two attached hydrogens (primary N) is 1. The van der Waals surface area contributed by atoms with Crippen LogP contribution in [0, 0.1) is 0 Å². The van der Waals surface area contributed by atoms with E-state index in [1.54, 1.807) is 12.4 Å². The second-order valence-electron chi connectivity index (χ2n) is 5.26. The molecule has 0 saturated carbocycles. The largest absolute Gasteiger partial charge is 0.353 e. The van der Waals surface area contributed by atoms with Crippen molar-refractivity contribution in [3.63, 3.8) is 0 Å². The average molecular weight is 284 g/mol. The van der Waals surface area contributed by atoms with Gasteiger partial charge in [-0.25, -0.2) is 15.0 Å². The van der Waals surface area contributed by atoms with Crippen LogP contribution in [0.15, 0.2) is 36.8 Å². The van der Waals surface area contributed by atoms with Crippen molar-refractivity contribution in [2.24, 2.45) is 5.73 Å². The molecule has 0 unspecified atom stereocenters. The molecule has 1 fully saturated rings. The first-order chi connectivity index (χ1) is 10.2. The van der Waals surface area contributed by atoms with E-state index in [1.165, 1.54) is 0 Å². The van der Waals surface area contributed by atoms with E-state index < -0.39 is 0 Å². The lowest BCUT2D eigenvalue weighted by Crippen LogP contribution is -2.47. The Bertz CT molecular complexity index is 560. The second-order valence-corrected chi connectivity index (χ2v) is 5.26. The Kier molecular flexibility index (Phi) is 3.96. The number of hydrogen-bond donors (Lipinski definition) is 1. The van der Waals surface area contributed by atoms with Crippen molar-refractivity contribution in [1.29, 1.82) is 0 Å². The van der Waals surface area contributed by atoms with Gasteiger partial charge in [0.2, 0.25) is 5.95 Å². The average Bonchev–Trinajstić information content (AvgIpc) is 2.56. The number of anilines is 2. The van der Waals surface area contributed by atoms with E-state index in [4.69, 9.17) is 5.73 Å². The van der Waals surface area contributed by atoms with E-state index in [0.717, 1.165) is 43.5 Å². The summed E-state index contributed by atoms with van der Waals surface area (Å²) in [6.07, 6.45) is 5.43. The molecule has 110 valence electrons. The minimum absolute atomic E-state index is 0.0265. The zero-order valence-corrected chi connectivity index (χ0v) is 12.2. The van der Waals surface area contributed by atoms with Crippen LogP contribution >= 0.6 is 0 Å². The normalized spacial score (nSPS) is 16.9. The molecule has 21 heavy (non-hydrogen) atoms. The second kappa shape index (κ2) is 6.05. The topological polar surface area (TPSA) is 71.2 Å². The van der Waals surface area contributed by atoms with E-state index in [0.29, 0.717) is 0 Å². The molecule has 0 amide bonds. The van der Waals surface area contributed by atoms with Gasteiger partial charge in [0.15, 0.2) is 0 Å². The predicted octanol–water partition coefficient (Wildman–Crippen LogP) is 1.22. The van der Waals surface area contributed by atoms with Gasteiger partial charge < -0.3 is 15.5 Å². The summed E-state index contributed by atoms with van der Waals surface area (Å²) in [4.78, 5) is 17.6. The third-order valence-electron chi connectivity index (χ3n) is 3.74. The molecule has 1 aliphatic heterocycles. The molecule has 0 spiro atoms. The molecule has 0 radical (unpaired) electrons. The molecule has 6 nitrogen and oxygen atoms in total. The fourth-order valence-electron chi connectivity index (χ4n) is 2.44. The standard InChI is InChI=1S/C15H20N6/c1-12(16)13-3-4-14(19-11-13)20-7-9-21(10-8-20)15-17-5-2-6-18-15/h2-6,11-12H,7-10,16H2,1H3/t12-/m1/s1. The van der Waals surface area contributed by atoms with Crippen molar-refractivity contribution in [3.8, 4) is 0 Å². The quantitative estimate of drug-likeness (QED) is 0.913. The van der Waals surface area contributed by atoms with Crippen LogP contribution in [-0.4, -0.2) is 41.1 Å². The number of aromatic nitrogens is 3. The first-order valence-electron chi connectivity index (χ1n) is 7.22. The summed E-state index contributed by atoms with van der Waals surface area (Å²) in [5.41, 5.74) is 6.92. The van der Waals surface area contributed by atoms with Gasteiger partial charge in [0.05, 0.1) is 0 Å². The summed E-state index contributed by atoms with van der Waals surface area (Å²) < 4.78 is 0. The van der Waals surface area contributed by atoms with E-state index in [1.807, 2.05) is 25.3 Å². The number of rotatable bonds is 3. The highest BCUT2D eigenvalue weighted by molar-refractivity contribution is 5.43. The highest BCUT2D eigenvalue weighted by Gasteiger charge is 2.19. The lowest BCUT2D eigenvalue weighted by molar-refractivity contribution is 0.634. The van der Waals surface area contributed by atoms with Gasteiger partial charge in [-0.15, -0.1) is 0 Å². The molecular formula is C15H20N6. The first kappa shape index (κ1) is 13.8. The summed E-state index contributed by atoms with van der Waals surface area (Å²) in [6, 6.07) is 5.97. The Morgan fingerprint density at radius 2 is 1.67 bits per heavy atom. The minimum Gasteiger partial charge on any atom is -0.353 e. The maximum Gasteiger partial charge on any atom is 0.225 e. The third-order valence-corrected chi connectivity index (χ3v) is 3.74. The van der Waals surface area contributed by atoms with Gasteiger partial charge in [-0.1, -0.05) is 6.07 Å². The van der Waals surface area contributed by atoms with Crippen LogP contribution in [0.5, 0.6) is 0 Å². The molecule has 2 N–H and O–H groups in total. The molecule has 6 heteroatoms. The van der Waals surface area contributed by atoms with E-state index in [-0.39, 0.29) is 6.04 Å². The summed E-state index contributed by atoms with van der Waals surface area (Å²) in [5.74, 6) is 1.81. The molecule has 3 rings (SSSR count). The molecule has 3 heterocycles. The van der Waals surface area contributed by atoms with Crippen LogP contribution < -0.4 is 15.5 Å². The van der Waals surface area contributed by atoms with Gasteiger partial charge in [-0.2, -0.15) is 0 Å². The Morgan fingerprint density at radius 1 is 1.00 bits per heavy atom. The summed E-state index contributed by atoms with van der Waals surface area (Å²) in [7, 11) is 0. The number of nitrogens with zero attached hydrogens (tertiary/aromatic N) is 5. The van der Waals surface area contributed by atoms with Crippen molar-refractivity contribution >= 4 is 11.8 Å². The fraction of sp³-hybridized carbons (Fsp3) is 0.400. The van der Waals surface area contributed by atoms with Crippen molar-refractivity contribution in [3.05, 3.63) is 42.4 Å². The van der Waals surface area contributed by atoms with Crippen LogP contribution in [0.1, 0.15) is 18.5 Å². The molecule has 1 saturated heterocycles. The van der Waals surface area contributed by atoms with E-state index in [9.17, 15) is 0 Å². The Hall–Kier alpha value is -2.21. The summed E-state index contributed by atoms with van der Waals surface area (Å²) in [5, 5.41) is 0. The van der Waals surface area contributed by atoms with Gasteiger partial charge in [0.1, 0.15) is 5.82 Å². The Balaban J connectivity index is 1.63. The summed E-state index contributed by atoms with van der Waals surface area (Å²) in [6.45, 7) is 5.61.